The number of pyridine rings is 1. The van der Waals surface area contributed by atoms with E-state index in [1.54, 1.807) is 6.20 Å². The highest BCUT2D eigenvalue weighted by atomic mass is 32.2. The van der Waals surface area contributed by atoms with Crippen LogP contribution in [-0.2, 0) is 0 Å². The third-order valence-electron chi connectivity index (χ3n) is 2.33. The number of hydrogen-bond donors (Lipinski definition) is 1. The van der Waals surface area contributed by atoms with Gasteiger partial charge in [0.15, 0.2) is 0 Å². The van der Waals surface area contributed by atoms with Crippen LogP contribution >= 0.6 is 11.8 Å². The zero-order valence-corrected chi connectivity index (χ0v) is 8.83. The lowest BCUT2D eigenvalue weighted by atomic mass is 10.1. The summed E-state index contributed by atoms with van der Waals surface area (Å²) in [5.41, 5.74) is 6.30. The lowest BCUT2D eigenvalue weighted by molar-refractivity contribution is 0.649. The molecular formula is C11H14N2S. The molecule has 14 heavy (non-hydrogen) atoms. The van der Waals surface area contributed by atoms with Gasteiger partial charge in [0.1, 0.15) is 0 Å². The van der Waals surface area contributed by atoms with Crippen molar-refractivity contribution in [1.29, 1.82) is 0 Å². The van der Waals surface area contributed by atoms with Gasteiger partial charge in [0.2, 0.25) is 0 Å². The Bertz CT molecular complexity index is 311. The van der Waals surface area contributed by atoms with Crippen molar-refractivity contribution < 1.29 is 0 Å². The summed E-state index contributed by atoms with van der Waals surface area (Å²) in [6, 6.07) is 3.89. The maximum Gasteiger partial charge on any atom is 0.0961 e. The molecule has 1 aliphatic rings. The molecule has 2 rings (SSSR count). The average Bonchev–Trinajstić information content (AvgIpc) is 2.70. The highest BCUT2D eigenvalue weighted by Gasteiger charge is 2.10. The van der Waals surface area contributed by atoms with Crippen molar-refractivity contribution in [1.82, 2.24) is 4.98 Å². The molecular weight excluding hydrogens is 192 g/mol. The topological polar surface area (TPSA) is 38.9 Å². The van der Waals surface area contributed by atoms with Crippen LogP contribution in [0.4, 0.5) is 5.69 Å². The maximum absolute atomic E-state index is 5.56. The van der Waals surface area contributed by atoms with Crippen LogP contribution in [-0.4, -0.2) is 10.7 Å². The summed E-state index contributed by atoms with van der Waals surface area (Å²) in [7, 11) is 0. The number of hydrogen-bond acceptors (Lipinski definition) is 3. The molecule has 3 heteroatoms. The summed E-state index contributed by atoms with van der Waals surface area (Å²) in [6.45, 7) is 0. The first-order valence-corrected chi connectivity index (χ1v) is 5.82. The first-order chi connectivity index (χ1) is 6.84. The molecule has 2 nitrogen and oxygen atoms in total. The normalized spacial score (nSPS) is 16.3. The molecule has 0 radical (unpaired) electrons. The number of nitrogens with two attached hydrogens (primary N) is 1. The van der Waals surface area contributed by atoms with E-state index in [0.29, 0.717) is 0 Å². The van der Waals surface area contributed by atoms with Crippen LogP contribution in [0.15, 0.2) is 35.5 Å². The molecule has 0 bridgehead atoms. The SMILES string of the molecule is Nc1ccc(SCC2CC=CC2)nc1. The third-order valence-corrected chi connectivity index (χ3v) is 3.51. The minimum Gasteiger partial charge on any atom is -0.397 e. The van der Waals surface area contributed by atoms with Crippen LogP contribution in [0, 0.1) is 5.92 Å². The second-order valence-corrected chi connectivity index (χ2v) is 4.59. The highest BCUT2D eigenvalue weighted by Crippen LogP contribution is 2.26. The van der Waals surface area contributed by atoms with Crippen molar-refractivity contribution >= 4 is 17.4 Å². The van der Waals surface area contributed by atoms with Gasteiger partial charge in [-0.3, -0.25) is 0 Å². The fraction of sp³-hybridized carbons (Fsp3) is 0.364. The molecule has 1 heterocycles. The van der Waals surface area contributed by atoms with Crippen molar-refractivity contribution in [3.8, 4) is 0 Å². The quantitative estimate of drug-likeness (QED) is 0.610. The van der Waals surface area contributed by atoms with Gasteiger partial charge in [-0.2, -0.15) is 0 Å². The Morgan fingerprint density at radius 2 is 2.14 bits per heavy atom. The number of aromatic nitrogens is 1. The van der Waals surface area contributed by atoms with E-state index in [2.05, 4.69) is 17.1 Å². The van der Waals surface area contributed by atoms with Crippen molar-refractivity contribution in [3.63, 3.8) is 0 Å². The summed E-state index contributed by atoms with van der Waals surface area (Å²) < 4.78 is 0. The van der Waals surface area contributed by atoms with E-state index in [4.69, 9.17) is 5.73 Å². The smallest absolute Gasteiger partial charge is 0.0961 e. The lowest BCUT2D eigenvalue weighted by Crippen LogP contribution is -1.97. The molecule has 0 saturated carbocycles. The van der Waals surface area contributed by atoms with E-state index in [0.717, 1.165) is 22.4 Å². The Morgan fingerprint density at radius 1 is 1.36 bits per heavy atom. The molecule has 0 fully saturated rings. The fourth-order valence-electron chi connectivity index (χ4n) is 1.49. The van der Waals surface area contributed by atoms with Crippen LogP contribution in [0.1, 0.15) is 12.8 Å². The van der Waals surface area contributed by atoms with Gasteiger partial charge in [0, 0.05) is 5.75 Å². The van der Waals surface area contributed by atoms with Gasteiger partial charge >= 0.3 is 0 Å². The summed E-state index contributed by atoms with van der Waals surface area (Å²) in [5, 5.41) is 1.08. The summed E-state index contributed by atoms with van der Waals surface area (Å²) in [6.07, 6.45) is 8.70. The molecule has 0 aliphatic heterocycles. The molecule has 0 unspecified atom stereocenters. The van der Waals surface area contributed by atoms with Gasteiger partial charge < -0.3 is 5.73 Å². The molecule has 0 aromatic carbocycles. The van der Waals surface area contributed by atoms with E-state index in [9.17, 15) is 0 Å². The summed E-state index contributed by atoms with van der Waals surface area (Å²) >= 11 is 1.82. The Balaban J connectivity index is 1.82. The molecule has 2 N–H and O–H groups in total. The van der Waals surface area contributed by atoms with Crippen LogP contribution in [0.2, 0.25) is 0 Å². The van der Waals surface area contributed by atoms with Crippen molar-refractivity contribution in [2.75, 3.05) is 11.5 Å². The highest BCUT2D eigenvalue weighted by molar-refractivity contribution is 7.99. The fourth-order valence-corrected chi connectivity index (χ4v) is 2.46. The zero-order chi connectivity index (χ0) is 9.80. The van der Waals surface area contributed by atoms with Crippen LogP contribution in [0.5, 0.6) is 0 Å². The zero-order valence-electron chi connectivity index (χ0n) is 8.02. The number of nitrogen functional groups attached to an aromatic ring is 1. The van der Waals surface area contributed by atoms with Gasteiger partial charge in [0.05, 0.1) is 16.9 Å². The van der Waals surface area contributed by atoms with E-state index < -0.39 is 0 Å². The van der Waals surface area contributed by atoms with E-state index in [1.807, 2.05) is 23.9 Å². The van der Waals surface area contributed by atoms with Gasteiger partial charge in [-0.25, -0.2) is 4.98 Å². The Labute approximate surface area is 88.6 Å². The average molecular weight is 206 g/mol. The Morgan fingerprint density at radius 3 is 2.79 bits per heavy atom. The van der Waals surface area contributed by atoms with Gasteiger partial charge in [-0.1, -0.05) is 12.2 Å². The number of anilines is 1. The van der Waals surface area contributed by atoms with E-state index in [1.165, 1.54) is 12.8 Å². The minimum atomic E-state index is 0.733. The standard InChI is InChI=1S/C11H14N2S/c12-10-5-6-11(13-7-10)14-8-9-3-1-2-4-9/h1-2,5-7,9H,3-4,8,12H2. The van der Waals surface area contributed by atoms with Crippen LogP contribution < -0.4 is 5.73 Å². The largest absolute Gasteiger partial charge is 0.397 e. The second-order valence-electron chi connectivity index (χ2n) is 3.55. The maximum atomic E-state index is 5.56. The Kier molecular flexibility index (Phi) is 3.09. The molecule has 1 aromatic heterocycles. The molecule has 0 saturated heterocycles. The van der Waals surface area contributed by atoms with E-state index >= 15 is 0 Å². The number of thioether (sulfide) groups is 1. The first kappa shape index (κ1) is 9.59. The minimum absolute atomic E-state index is 0.733. The van der Waals surface area contributed by atoms with Gasteiger partial charge in [-0.05, 0) is 30.9 Å². The monoisotopic (exact) mass is 206 g/mol. The first-order valence-electron chi connectivity index (χ1n) is 4.84. The molecule has 1 aromatic rings. The van der Waals surface area contributed by atoms with Crippen molar-refractivity contribution in [3.05, 3.63) is 30.5 Å². The summed E-state index contributed by atoms with van der Waals surface area (Å²) in [5.74, 6) is 1.96. The third kappa shape index (κ3) is 2.51. The predicted octanol–water partition coefficient (Wildman–Crippen LogP) is 2.72. The Hall–Kier alpha value is -0.960. The molecule has 0 amide bonds. The van der Waals surface area contributed by atoms with Gasteiger partial charge in [-0.15, -0.1) is 11.8 Å². The number of rotatable bonds is 3. The number of nitrogens with zero attached hydrogens (tertiary/aromatic N) is 1. The molecule has 1 aliphatic carbocycles. The van der Waals surface area contributed by atoms with Crippen LogP contribution in [0.3, 0.4) is 0 Å². The lowest BCUT2D eigenvalue weighted by Gasteiger charge is -2.07. The van der Waals surface area contributed by atoms with Crippen molar-refractivity contribution in [2.45, 2.75) is 17.9 Å². The molecule has 0 spiro atoms. The number of allylic oxidation sites excluding steroid dienone is 2. The second kappa shape index (κ2) is 4.51. The molecule has 74 valence electrons. The van der Waals surface area contributed by atoms with Gasteiger partial charge in [0.25, 0.3) is 0 Å². The van der Waals surface area contributed by atoms with Crippen molar-refractivity contribution in [2.24, 2.45) is 5.92 Å². The predicted molar refractivity (Wildman–Crippen MR) is 61.2 cm³/mol. The van der Waals surface area contributed by atoms with Crippen LogP contribution in [0.25, 0.3) is 0 Å². The molecule has 0 atom stereocenters. The summed E-state index contributed by atoms with van der Waals surface area (Å²) in [4.78, 5) is 4.26. The van der Waals surface area contributed by atoms with E-state index in [-0.39, 0.29) is 0 Å².